The second-order valence-corrected chi connectivity index (χ2v) is 10.1. The number of anilines is 1. The van der Waals surface area contributed by atoms with Crippen LogP contribution in [0.4, 0.5) is 10.5 Å². The number of amides is 2. The zero-order valence-corrected chi connectivity index (χ0v) is 22.8. The minimum atomic E-state index is -0.214. The number of unbranched alkanes of at least 4 members (excludes halogenated alkanes) is 4. The highest BCUT2D eigenvalue weighted by molar-refractivity contribution is 7.99. The molecule has 0 fully saturated rings. The average molecular weight is 519 g/mol. The zero-order chi connectivity index (χ0) is 26.3. The second-order valence-electron chi connectivity index (χ2n) is 8.94. The number of benzene rings is 3. The van der Waals surface area contributed by atoms with Gasteiger partial charge >= 0.3 is 12.0 Å². The Morgan fingerprint density at radius 1 is 0.811 bits per heavy atom. The van der Waals surface area contributed by atoms with Crippen molar-refractivity contribution in [2.24, 2.45) is 0 Å². The molecule has 3 aromatic carbocycles. The fourth-order valence-electron chi connectivity index (χ4n) is 4.02. The molecule has 196 valence electrons. The number of hydrogen-bond donors (Lipinski definition) is 1. The lowest BCUT2D eigenvalue weighted by Gasteiger charge is -2.24. The predicted molar refractivity (Wildman–Crippen MR) is 152 cm³/mol. The Balaban J connectivity index is 1.65. The van der Waals surface area contributed by atoms with E-state index in [2.05, 4.69) is 12.2 Å². The Bertz CT molecular complexity index is 1100. The summed E-state index contributed by atoms with van der Waals surface area (Å²) in [4.78, 5) is 29.0. The lowest BCUT2D eigenvalue weighted by atomic mass is 10.1. The molecule has 0 saturated heterocycles. The van der Waals surface area contributed by atoms with Crippen LogP contribution in [-0.2, 0) is 22.5 Å². The van der Waals surface area contributed by atoms with Crippen LogP contribution in [0.2, 0.25) is 0 Å². The monoisotopic (exact) mass is 518 g/mol. The van der Waals surface area contributed by atoms with Crippen molar-refractivity contribution in [2.45, 2.75) is 68.7 Å². The molecule has 0 aliphatic rings. The van der Waals surface area contributed by atoms with Crippen molar-refractivity contribution in [2.75, 3.05) is 18.1 Å². The highest BCUT2D eigenvalue weighted by Gasteiger charge is 2.15. The van der Waals surface area contributed by atoms with Crippen LogP contribution in [0.15, 0.2) is 88.7 Å². The van der Waals surface area contributed by atoms with E-state index >= 15 is 0 Å². The van der Waals surface area contributed by atoms with E-state index in [0.717, 1.165) is 39.4 Å². The summed E-state index contributed by atoms with van der Waals surface area (Å²) in [6, 6.07) is 26.0. The summed E-state index contributed by atoms with van der Waals surface area (Å²) < 4.78 is 5.07. The summed E-state index contributed by atoms with van der Waals surface area (Å²) in [6.45, 7) is 5.60. The third-order valence-electron chi connectivity index (χ3n) is 5.95. The van der Waals surface area contributed by atoms with E-state index in [4.69, 9.17) is 4.74 Å². The van der Waals surface area contributed by atoms with Gasteiger partial charge in [0.25, 0.3) is 0 Å². The number of nitrogens with zero attached hydrogens (tertiary/aromatic N) is 1. The molecule has 1 N–H and O–H groups in total. The molecule has 0 aliphatic carbocycles. The van der Waals surface area contributed by atoms with Gasteiger partial charge in [0.1, 0.15) is 0 Å². The summed E-state index contributed by atoms with van der Waals surface area (Å²) in [5.74, 6) is -0.214. The number of esters is 1. The van der Waals surface area contributed by atoms with Crippen molar-refractivity contribution in [1.29, 1.82) is 0 Å². The molecule has 0 aliphatic heterocycles. The molecule has 0 unspecified atom stereocenters. The zero-order valence-electron chi connectivity index (χ0n) is 21.9. The maximum atomic E-state index is 13.2. The summed E-state index contributed by atoms with van der Waals surface area (Å²) in [5.41, 5.74) is 2.90. The van der Waals surface area contributed by atoms with Crippen LogP contribution >= 0.6 is 11.8 Å². The van der Waals surface area contributed by atoms with Crippen LogP contribution in [0, 0.1) is 0 Å². The molecule has 0 heterocycles. The Kier molecular flexibility index (Phi) is 12.1. The van der Waals surface area contributed by atoms with Gasteiger partial charge in [-0.3, -0.25) is 9.69 Å². The van der Waals surface area contributed by atoms with Gasteiger partial charge in [0.05, 0.1) is 13.0 Å². The molecule has 0 spiro atoms. The van der Waals surface area contributed by atoms with Crippen LogP contribution in [0.3, 0.4) is 0 Å². The van der Waals surface area contributed by atoms with Crippen molar-refractivity contribution in [1.82, 2.24) is 5.32 Å². The highest BCUT2D eigenvalue weighted by Crippen LogP contribution is 2.30. The van der Waals surface area contributed by atoms with Crippen LogP contribution in [0.5, 0.6) is 0 Å². The Morgan fingerprint density at radius 2 is 1.54 bits per heavy atom. The lowest BCUT2D eigenvalue weighted by molar-refractivity contribution is -0.142. The van der Waals surface area contributed by atoms with Gasteiger partial charge in [-0.25, -0.2) is 4.79 Å². The molecule has 0 bridgehead atoms. The van der Waals surface area contributed by atoms with Crippen LogP contribution in [0.1, 0.15) is 57.1 Å². The summed E-state index contributed by atoms with van der Waals surface area (Å²) in [5, 5.41) is 3.08. The first kappa shape index (κ1) is 28.3. The minimum absolute atomic E-state index is 0.0774. The van der Waals surface area contributed by atoms with Crippen LogP contribution in [0.25, 0.3) is 0 Å². The van der Waals surface area contributed by atoms with Gasteiger partial charge in [0.2, 0.25) is 0 Å². The summed E-state index contributed by atoms with van der Waals surface area (Å²) in [6.07, 6.45) is 5.99. The van der Waals surface area contributed by atoms with Gasteiger partial charge in [-0.05, 0) is 60.9 Å². The fourth-order valence-corrected chi connectivity index (χ4v) is 4.92. The first-order chi connectivity index (χ1) is 18.1. The van der Waals surface area contributed by atoms with E-state index in [9.17, 15) is 9.59 Å². The van der Waals surface area contributed by atoms with E-state index in [1.54, 1.807) is 11.8 Å². The first-order valence-electron chi connectivity index (χ1n) is 13.2. The topological polar surface area (TPSA) is 58.6 Å². The molecular weight excluding hydrogens is 480 g/mol. The fraction of sp³-hybridized carbons (Fsp3) is 0.355. The lowest BCUT2D eigenvalue weighted by Crippen LogP contribution is -2.40. The van der Waals surface area contributed by atoms with Gasteiger partial charge in [0.15, 0.2) is 0 Å². The maximum Gasteiger partial charge on any atom is 0.322 e. The largest absolute Gasteiger partial charge is 0.466 e. The number of rotatable bonds is 14. The van der Waals surface area contributed by atoms with Crippen molar-refractivity contribution >= 4 is 29.4 Å². The Hall–Kier alpha value is -3.25. The van der Waals surface area contributed by atoms with Crippen molar-refractivity contribution < 1.29 is 14.3 Å². The predicted octanol–water partition coefficient (Wildman–Crippen LogP) is 7.63. The first-order valence-corrected chi connectivity index (χ1v) is 14.0. The molecule has 3 rings (SSSR count). The number of nitrogens with one attached hydrogen (secondary N) is 1. The van der Waals surface area contributed by atoms with Crippen molar-refractivity contribution in [3.05, 3.63) is 90.0 Å². The molecule has 0 aromatic heterocycles. The number of carbonyl (C=O) groups is 2. The molecule has 0 atom stereocenters. The molecule has 5 nitrogen and oxygen atoms in total. The van der Waals surface area contributed by atoms with Crippen LogP contribution < -0.4 is 10.2 Å². The van der Waals surface area contributed by atoms with Crippen LogP contribution in [-0.4, -0.2) is 25.2 Å². The number of ether oxygens (including phenoxy) is 1. The van der Waals surface area contributed by atoms with Crippen molar-refractivity contribution in [3.63, 3.8) is 0 Å². The Labute approximate surface area is 225 Å². The van der Waals surface area contributed by atoms with Gasteiger partial charge < -0.3 is 10.1 Å². The van der Waals surface area contributed by atoms with Gasteiger partial charge in [-0.2, -0.15) is 0 Å². The van der Waals surface area contributed by atoms with E-state index in [0.29, 0.717) is 19.7 Å². The summed E-state index contributed by atoms with van der Waals surface area (Å²) in [7, 11) is 0. The molecule has 3 aromatic rings. The quantitative estimate of drug-likeness (QED) is 0.176. The third-order valence-corrected chi connectivity index (χ3v) is 6.95. The second kappa shape index (κ2) is 15.8. The number of carbonyl (C=O) groups excluding carboxylic acids is 2. The molecule has 0 saturated carbocycles. The van der Waals surface area contributed by atoms with E-state index in [-0.39, 0.29) is 18.4 Å². The van der Waals surface area contributed by atoms with Gasteiger partial charge in [0, 0.05) is 28.6 Å². The van der Waals surface area contributed by atoms with Gasteiger partial charge in [-0.1, -0.05) is 86.8 Å². The van der Waals surface area contributed by atoms with E-state index < -0.39 is 0 Å². The number of urea groups is 1. The third kappa shape index (κ3) is 9.96. The molecular formula is C31H38N2O3S. The summed E-state index contributed by atoms with van der Waals surface area (Å²) >= 11 is 1.63. The van der Waals surface area contributed by atoms with Gasteiger partial charge in [-0.15, -0.1) is 0 Å². The normalized spacial score (nSPS) is 10.6. The smallest absolute Gasteiger partial charge is 0.322 e. The Morgan fingerprint density at radius 3 is 2.27 bits per heavy atom. The number of hydrogen-bond acceptors (Lipinski definition) is 4. The molecule has 6 heteroatoms. The SMILES string of the molecule is CCCCCCCN(C(=O)NCc1ccccc1)c1ccc(Sc2cccc(CC(=O)OCC)c2)cc1. The van der Waals surface area contributed by atoms with E-state index in [1.807, 2.05) is 90.7 Å². The standard InChI is InChI=1S/C31H38N2O3S/c1-3-5-6-7-11-21-33(31(35)32-24-25-13-9-8-10-14-25)27-17-19-28(20-18-27)37-29-16-12-15-26(22-29)23-30(34)36-4-2/h8-10,12-20,22H,3-7,11,21,23-24H2,1-2H3,(H,32,35). The minimum Gasteiger partial charge on any atom is -0.466 e. The van der Waals surface area contributed by atoms with E-state index in [1.165, 1.54) is 19.3 Å². The highest BCUT2D eigenvalue weighted by atomic mass is 32.2. The molecule has 2 amide bonds. The maximum absolute atomic E-state index is 13.2. The molecule has 0 radical (unpaired) electrons. The average Bonchev–Trinajstić information content (AvgIpc) is 2.91. The molecule has 37 heavy (non-hydrogen) atoms. The van der Waals surface area contributed by atoms with Crippen molar-refractivity contribution in [3.8, 4) is 0 Å².